The van der Waals surface area contributed by atoms with E-state index in [1.165, 1.54) is 23.3 Å². The minimum atomic E-state index is -0.878. The summed E-state index contributed by atoms with van der Waals surface area (Å²) in [6.45, 7) is 0. The van der Waals surface area contributed by atoms with E-state index in [0.717, 1.165) is 10.2 Å². The molecule has 164 valence electrons. The van der Waals surface area contributed by atoms with E-state index in [9.17, 15) is 14.7 Å². The molecule has 0 radical (unpaired) electrons. The van der Waals surface area contributed by atoms with Gasteiger partial charge in [0, 0.05) is 10.6 Å². The molecule has 0 spiro atoms. The van der Waals surface area contributed by atoms with Crippen LogP contribution in [0.3, 0.4) is 0 Å². The van der Waals surface area contributed by atoms with Crippen molar-refractivity contribution in [3.05, 3.63) is 94.5 Å². The van der Waals surface area contributed by atoms with Crippen LogP contribution in [0.25, 0.3) is 16.0 Å². The van der Waals surface area contributed by atoms with Crippen molar-refractivity contribution in [1.29, 1.82) is 0 Å². The van der Waals surface area contributed by atoms with Crippen molar-refractivity contribution >= 4 is 55.7 Å². The molecule has 4 aromatic rings. The average molecular weight is 477 g/mol. The largest absolute Gasteiger partial charge is 0.507 e. The van der Waals surface area contributed by atoms with Crippen LogP contribution in [0.4, 0.5) is 5.13 Å². The summed E-state index contributed by atoms with van der Waals surface area (Å²) in [7, 11) is 1.54. The summed E-state index contributed by atoms with van der Waals surface area (Å²) < 4.78 is 6.24. The number of anilines is 1. The van der Waals surface area contributed by atoms with Crippen LogP contribution in [0, 0.1) is 0 Å². The van der Waals surface area contributed by atoms with Crippen LogP contribution in [-0.2, 0) is 9.59 Å². The molecule has 3 aromatic carbocycles. The quantitative estimate of drug-likeness (QED) is 0.236. The SMILES string of the molecule is COc1cccc(C2C(=C(O)c3ccc(Cl)cc3)C(=O)C(=O)N2c2nc3ccccc3s2)c1. The number of rotatable bonds is 4. The lowest BCUT2D eigenvalue weighted by Crippen LogP contribution is -2.29. The summed E-state index contributed by atoms with van der Waals surface area (Å²) in [5.41, 5.74) is 1.70. The highest BCUT2D eigenvalue weighted by Crippen LogP contribution is 2.44. The van der Waals surface area contributed by atoms with E-state index in [2.05, 4.69) is 4.98 Å². The number of benzene rings is 3. The van der Waals surface area contributed by atoms with Gasteiger partial charge in [-0.05, 0) is 54.1 Å². The zero-order valence-electron chi connectivity index (χ0n) is 17.4. The van der Waals surface area contributed by atoms with Gasteiger partial charge in [-0.3, -0.25) is 14.5 Å². The van der Waals surface area contributed by atoms with Gasteiger partial charge in [0.15, 0.2) is 5.13 Å². The Morgan fingerprint density at radius 1 is 1.06 bits per heavy atom. The Hall–Kier alpha value is -3.68. The lowest BCUT2D eigenvalue weighted by molar-refractivity contribution is -0.132. The zero-order chi connectivity index (χ0) is 23.1. The molecule has 1 unspecified atom stereocenters. The maximum atomic E-state index is 13.3. The molecule has 0 aliphatic carbocycles. The molecule has 8 heteroatoms. The topological polar surface area (TPSA) is 79.7 Å². The summed E-state index contributed by atoms with van der Waals surface area (Å²) in [4.78, 5) is 32.4. The Bertz CT molecular complexity index is 1390. The van der Waals surface area contributed by atoms with Crippen molar-refractivity contribution in [1.82, 2.24) is 4.98 Å². The number of amides is 1. The van der Waals surface area contributed by atoms with Gasteiger partial charge in [0.1, 0.15) is 11.5 Å². The fourth-order valence-electron chi connectivity index (χ4n) is 3.88. The highest BCUT2D eigenvalue weighted by Gasteiger charge is 2.48. The first-order valence-electron chi connectivity index (χ1n) is 10.0. The van der Waals surface area contributed by atoms with Crippen LogP contribution in [0.1, 0.15) is 17.2 Å². The number of methoxy groups -OCH3 is 1. The lowest BCUT2D eigenvalue weighted by atomic mass is 9.95. The van der Waals surface area contributed by atoms with Crippen molar-refractivity contribution < 1.29 is 19.4 Å². The number of ketones is 1. The smallest absolute Gasteiger partial charge is 0.301 e. The second kappa shape index (κ2) is 8.35. The lowest BCUT2D eigenvalue weighted by Gasteiger charge is -2.23. The molecule has 1 fully saturated rings. The number of aliphatic hydroxyl groups excluding tert-OH is 1. The number of carbonyl (C=O) groups excluding carboxylic acids is 2. The van der Waals surface area contributed by atoms with Gasteiger partial charge in [-0.15, -0.1) is 0 Å². The van der Waals surface area contributed by atoms with Gasteiger partial charge in [0.05, 0.1) is 28.9 Å². The molecular weight excluding hydrogens is 460 g/mol. The number of ether oxygens (including phenoxy) is 1. The van der Waals surface area contributed by atoms with E-state index in [4.69, 9.17) is 16.3 Å². The first kappa shape index (κ1) is 21.2. The number of aromatic nitrogens is 1. The fourth-order valence-corrected chi connectivity index (χ4v) is 5.00. The van der Waals surface area contributed by atoms with E-state index in [1.54, 1.807) is 48.5 Å². The number of Topliss-reactive ketones (excluding diaryl/α,β-unsaturated/α-hetero) is 1. The molecular formula is C25H17ClN2O4S. The van der Waals surface area contributed by atoms with E-state index < -0.39 is 17.7 Å². The number of carbonyl (C=O) groups is 2. The second-order valence-corrected chi connectivity index (χ2v) is 8.86. The van der Waals surface area contributed by atoms with Gasteiger partial charge in [0.2, 0.25) is 0 Å². The fraction of sp³-hybridized carbons (Fsp3) is 0.0800. The highest BCUT2D eigenvalue weighted by atomic mass is 35.5. The number of hydrogen-bond donors (Lipinski definition) is 1. The predicted molar refractivity (Wildman–Crippen MR) is 129 cm³/mol. The maximum absolute atomic E-state index is 13.3. The molecule has 2 heterocycles. The Labute approximate surface area is 198 Å². The third kappa shape index (κ3) is 3.65. The van der Waals surface area contributed by atoms with Crippen LogP contribution in [-0.4, -0.2) is 28.9 Å². The average Bonchev–Trinajstić information content (AvgIpc) is 3.37. The molecule has 1 amide bonds. The van der Waals surface area contributed by atoms with Gasteiger partial charge in [-0.1, -0.05) is 47.2 Å². The van der Waals surface area contributed by atoms with Gasteiger partial charge < -0.3 is 9.84 Å². The van der Waals surface area contributed by atoms with Crippen LogP contribution in [0.15, 0.2) is 78.4 Å². The first-order valence-corrected chi connectivity index (χ1v) is 11.2. The van der Waals surface area contributed by atoms with Gasteiger partial charge in [-0.25, -0.2) is 4.98 Å². The number of hydrogen-bond acceptors (Lipinski definition) is 6. The molecule has 1 atom stereocenters. The number of nitrogens with zero attached hydrogens (tertiary/aromatic N) is 2. The van der Waals surface area contributed by atoms with Crippen molar-refractivity contribution in [2.24, 2.45) is 0 Å². The number of para-hydroxylation sites is 1. The minimum absolute atomic E-state index is 0.0187. The Morgan fingerprint density at radius 3 is 2.55 bits per heavy atom. The zero-order valence-corrected chi connectivity index (χ0v) is 18.9. The highest BCUT2D eigenvalue weighted by molar-refractivity contribution is 7.22. The summed E-state index contributed by atoms with van der Waals surface area (Å²) in [5.74, 6) is -1.25. The van der Waals surface area contributed by atoms with Crippen LogP contribution < -0.4 is 9.64 Å². The summed E-state index contributed by atoms with van der Waals surface area (Å²) in [6.07, 6.45) is 0. The number of fused-ring (bicyclic) bond motifs is 1. The van der Waals surface area contributed by atoms with Gasteiger partial charge in [0.25, 0.3) is 5.78 Å². The predicted octanol–water partition coefficient (Wildman–Crippen LogP) is 5.58. The molecule has 0 bridgehead atoms. The normalized spacial score (nSPS) is 17.6. The molecule has 6 nitrogen and oxygen atoms in total. The molecule has 5 rings (SSSR count). The van der Waals surface area contributed by atoms with E-state index in [0.29, 0.717) is 27.0 Å². The van der Waals surface area contributed by atoms with Gasteiger partial charge in [-0.2, -0.15) is 0 Å². The molecule has 1 saturated heterocycles. The third-order valence-corrected chi connectivity index (χ3v) is 6.75. The standard InChI is InChI=1S/C25H17ClN2O4S/c1-32-17-6-4-5-15(13-17)21-20(22(29)14-9-11-16(26)12-10-14)23(30)24(31)28(21)25-27-18-7-2-3-8-19(18)33-25/h2-13,21,29H,1H3. The van der Waals surface area contributed by atoms with Gasteiger partial charge >= 0.3 is 5.91 Å². The number of aliphatic hydroxyl groups is 1. The van der Waals surface area contributed by atoms with E-state index in [-0.39, 0.29) is 11.3 Å². The van der Waals surface area contributed by atoms with Crippen molar-refractivity contribution in [3.63, 3.8) is 0 Å². The van der Waals surface area contributed by atoms with Crippen LogP contribution >= 0.6 is 22.9 Å². The molecule has 1 aliphatic rings. The molecule has 33 heavy (non-hydrogen) atoms. The van der Waals surface area contributed by atoms with Crippen LogP contribution in [0.2, 0.25) is 5.02 Å². The Morgan fingerprint density at radius 2 is 1.82 bits per heavy atom. The Kier molecular flexibility index (Phi) is 5.36. The molecule has 1 N–H and O–H groups in total. The summed E-state index contributed by atoms with van der Waals surface area (Å²) in [6, 6.07) is 20.1. The van der Waals surface area contributed by atoms with Crippen molar-refractivity contribution in [2.45, 2.75) is 6.04 Å². The monoisotopic (exact) mass is 476 g/mol. The number of halogens is 1. The molecule has 1 aliphatic heterocycles. The summed E-state index contributed by atoms with van der Waals surface area (Å²) >= 11 is 7.29. The second-order valence-electron chi connectivity index (χ2n) is 7.42. The van der Waals surface area contributed by atoms with E-state index >= 15 is 0 Å². The Balaban J connectivity index is 1.74. The maximum Gasteiger partial charge on any atom is 0.301 e. The third-order valence-electron chi connectivity index (χ3n) is 5.46. The number of thiazole rings is 1. The van der Waals surface area contributed by atoms with Crippen molar-refractivity contribution in [3.8, 4) is 5.75 Å². The molecule has 1 aromatic heterocycles. The molecule has 0 saturated carbocycles. The first-order chi connectivity index (χ1) is 16.0. The minimum Gasteiger partial charge on any atom is -0.507 e. The summed E-state index contributed by atoms with van der Waals surface area (Å²) in [5, 5.41) is 12.0. The van der Waals surface area contributed by atoms with E-state index in [1.807, 2.05) is 24.3 Å². The van der Waals surface area contributed by atoms with Crippen molar-refractivity contribution in [2.75, 3.05) is 12.0 Å². The van der Waals surface area contributed by atoms with Crippen LogP contribution in [0.5, 0.6) is 5.75 Å².